The Bertz CT molecular complexity index is 882. The van der Waals surface area contributed by atoms with Gasteiger partial charge in [-0.2, -0.15) is 0 Å². The van der Waals surface area contributed by atoms with Crippen molar-refractivity contribution in [1.82, 2.24) is 20.3 Å². The Kier molecular flexibility index (Phi) is 6.10. The van der Waals surface area contributed by atoms with Crippen molar-refractivity contribution in [2.24, 2.45) is 5.92 Å². The standard InChI is InChI=1S/C21H23N5O/c1-15(2)12-24-21(27)18-11-19(23-14-16-7-6-10-22-13-16)26-20(25-18)17-8-4-3-5-9-17/h3-11,13,15H,12,14H2,1-2H3,(H,24,27)(H,23,25,26). The molecule has 27 heavy (non-hydrogen) atoms. The van der Waals surface area contributed by atoms with E-state index in [1.54, 1.807) is 18.5 Å². The Morgan fingerprint density at radius 1 is 1.07 bits per heavy atom. The number of nitrogens with zero attached hydrogens (tertiary/aromatic N) is 3. The summed E-state index contributed by atoms with van der Waals surface area (Å²) in [6.45, 7) is 5.27. The van der Waals surface area contributed by atoms with Crippen LogP contribution in [0, 0.1) is 5.92 Å². The molecule has 0 spiro atoms. The van der Waals surface area contributed by atoms with Crippen LogP contribution in [0.2, 0.25) is 0 Å². The van der Waals surface area contributed by atoms with Crippen LogP contribution in [0.3, 0.4) is 0 Å². The SMILES string of the molecule is CC(C)CNC(=O)c1cc(NCc2cccnc2)nc(-c2ccccc2)n1. The summed E-state index contributed by atoms with van der Waals surface area (Å²) in [5.41, 5.74) is 2.24. The van der Waals surface area contributed by atoms with Gasteiger partial charge in [0.25, 0.3) is 5.91 Å². The summed E-state index contributed by atoms with van der Waals surface area (Å²) in [6, 6.07) is 15.2. The smallest absolute Gasteiger partial charge is 0.270 e. The molecule has 0 aliphatic rings. The van der Waals surface area contributed by atoms with E-state index in [4.69, 9.17) is 0 Å². The third kappa shape index (κ3) is 5.34. The van der Waals surface area contributed by atoms with Gasteiger partial charge < -0.3 is 10.6 Å². The van der Waals surface area contributed by atoms with Crippen molar-refractivity contribution in [2.45, 2.75) is 20.4 Å². The molecule has 6 heteroatoms. The van der Waals surface area contributed by atoms with Gasteiger partial charge in [-0.05, 0) is 17.5 Å². The zero-order valence-electron chi connectivity index (χ0n) is 15.5. The lowest BCUT2D eigenvalue weighted by atomic mass is 10.2. The summed E-state index contributed by atoms with van der Waals surface area (Å²) in [5.74, 6) is 1.28. The van der Waals surface area contributed by atoms with Gasteiger partial charge in [-0.3, -0.25) is 9.78 Å². The van der Waals surface area contributed by atoms with Crippen LogP contribution < -0.4 is 10.6 Å². The van der Waals surface area contributed by atoms with Gasteiger partial charge in [0.2, 0.25) is 0 Å². The van der Waals surface area contributed by atoms with Crippen molar-refractivity contribution in [3.63, 3.8) is 0 Å². The molecule has 0 saturated carbocycles. The number of carbonyl (C=O) groups excluding carboxylic acids is 1. The van der Waals surface area contributed by atoms with Gasteiger partial charge in [0.15, 0.2) is 5.82 Å². The number of nitrogens with one attached hydrogen (secondary N) is 2. The lowest BCUT2D eigenvalue weighted by molar-refractivity contribution is 0.0944. The third-order valence-corrected chi connectivity index (χ3v) is 3.86. The number of benzene rings is 1. The van der Waals surface area contributed by atoms with Crippen LogP contribution in [-0.4, -0.2) is 27.4 Å². The van der Waals surface area contributed by atoms with E-state index in [-0.39, 0.29) is 5.91 Å². The summed E-state index contributed by atoms with van der Waals surface area (Å²) in [5, 5.41) is 6.17. The highest BCUT2D eigenvalue weighted by molar-refractivity contribution is 5.93. The fourth-order valence-electron chi connectivity index (χ4n) is 2.45. The largest absolute Gasteiger partial charge is 0.366 e. The molecule has 138 valence electrons. The molecule has 2 N–H and O–H groups in total. The predicted octanol–water partition coefficient (Wildman–Crippen LogP) is 3.54. The summed E-state index contributed by atoms with van der Waals surface area (Å²) in [6.07, 6.45) is 3.53. The minimum atomic E-state index is -0.201. The maximum atomic E-state index is 12.5. The molecular formula is C21H23N5O. The van der Waals surface area contributed by atoms with Crippen molar-refractivity contribution in [1.29, 1.82) is 0 Å². The second-order valence-electron chi connectivity index (χ2n) is 6.65. The lowest BCUT2D eigenvalue weighted by Crippen LogP contribution is -2.28. The molecule has 0 saturated heterocycles. The Hall–Kier alpha value is -3.28. The topological polar surface area (TPSA) is 79.8 Å². The van der Waals surface area contributed by atoms with Gasteiger partial charge in [0.1, 0.15) is 11.5 Å². The lowest BCUT2D eigenvalue weighted by Gasteiger charge is -2.11. The first-order valence-electron chi connectivity index (χ1n) is 8.97. The van der Waals surface area contributed by atoms with Crippen molar-refractivity contribution < 1.29 is 4.79 Å². The first-order chi connectivity index (χ1) is 13.1. The molecule has 1 aromatic carbocycles. The normalized spacial score (nSPS) is 10.6. The van der Waals surface area contributed by atoms with E-state index in [0.717, 1.165) is 11.1 Å². The maximum Gasteiger partial charge on any atom is 0.270 e. The molecule has 2 aromatic heterocycles. The van der Waals surface area contributed by atoms with E-state index in [2.05, 4.69) is 39.4 Å². The number of pyridine rings is 1. The fraction of sp³-hybridized carbons (Fsp3) is 0.238. The van der Waals surface area contributed by atoms with Gasteiger partial charge in [-0.1, -0.05) is 50.2 Å². The summed E-state index contributed by atoms with van der Waals surface area (Å²) >= 11 is 0. The molecule has 0 fully saturated rings. The molecule has 0 atom stereocenters. The van der Waals surface area contributed by atoms with Crippen LogP contribution in [0.5, 0.6) is 0 Å². The van der Waals surface area contributed by atoms with E-state index in [1.165, 1.54) is 0 Å². The van der Waals surface area contributed by atoms with Crippen molar-refractivity contribution in [3.05, 3.63) is 72.2 Å². The van der Waals surface area contributed by atoms with Gasteiger partial charge in [0, 0.05) is 37.1 Å². The predicted molar refractivity (Wildman–Crippen MR) is 106 cm³/mol. The minimum Gasteiger partial charge on any atom is -0.366 e. The summed E-state index contributed by atoms with van der Waals surface area (Å²) in [4.78, 5) is 25.7. The number of carbonyl (C=O) groups is 1. The Balaban J connectivity index is 1.87. The number of amides is 1. The maximum absolute atomic E-state index is 12.5. The van der Waals surface area contributed by atoms with Crippen molar-refractivity contribution in [3.8, 4) is 11.4 Å². The first kappa shape index (κ1) is 18.5. The van der Waals surface area contributed by atoms with E-state index < -0.39 is 0 Å². The number of aromatic nitrogens is 3. The number of rotatable bonds is 7. The van der Waals surface area contributed by atoms with E-state index >= 15 is 0 Å². The molecule has 2 heterocycles. The molecule has 1 amide bonds. The number of anilines is 1. The molecular weight excluding hydrogens is 338 g/mol. The average Bonchev–Trinajstić information content (AvgIpc) is 2.71. The average molecular weight is 361 g/mol. The van der Waals surface area contributed by atoms with Crippen LogP contribution in [0.15, 0.2) is 60.9 Å². The molecule has 3 rings (SSSR count). The van der Waals surface area contributed by atoms with E-state index in [9.17, 15) is 4.79 Å². The van der Waals surface area contributed by atoms with Crippen molar-refractivity contribution in [2.75, 3.05) is 11.9 Å². The van der Waals surface area contributed by atoms with Crippen LogP contribution in [0.4, 0.5) is 5.82 Å². The Labute approximate surface area is 159 Å². The van der Waals surface area contributed by atoms with Crippen molar-refractivity contribution >= 4 is 11.7 Å². The van der Waals surface area contributed by atoms with Gasteiger partial charge in [0.05, 0.1) is 0 Å². The van der Waals surface area contributed by atoms with E-state index in [1.807, 2.05) is 42.5 Å². The monoisotopic (exact) mass is 361 g/mol. The van der Waals surface area contributed by atoms with Gasteiger partial charge in [-0.25, -0.2) is 9.97 Å². The molecule has 0 unspecified atom stereocenters. The number of hydrogen-bond acceptors (Lipinski definition) is 5. The van der Waals surface area contributed by atoms with Crippen LogP contribution >= 0.6 is 0 Å². The summed E-state index contributed by atoms with van der Waals surface area (Å²) < 4.78 is 0. The second-order valence-corrected chi connectivity index (χ2v) is 6.65. The highest BCUT2D eigenvalue weighted by atomic mass is 16.1. The third-order valence-electron chi connectivity index (χ3n) is 3.86. The molecule has 6 nitrogen and oxygen atoms in total. The molecule has 0 aliphatic heterocycles. The molecule has 0 radical (unpaired) electrons. The zero-order chi connectivity index (χ0) is 19.1. The highest BCUT2D eigenvalue weighted by Crippen LogP contribution is 2.18. The van der Waals surface area contributed by atoms with Gasteiger partial charge in [-0.15, -0.1) is 0 Å². The van der Waals surface area contributed by atoms with Crippen LogP contribution in [0.1, 0.15) is 29.9 Å². The second kappa shape index (κ2) is 8.89. The minimum absolute atomic E-state index is 0.201. The molecule has 0 aliphatic carbocycles. The quantitative estimate of drug-likeness (QED) is 0.673. The Morgan fingerprint density at radius 3 is 2.59 bits per heavy atom. The van der Waals surface area contributed by atoms with Crippen LogP contribution in [0.25, 0.3) is 11.4 Å². The first-order valence-corrected chi connectivity index (χ1v) is 8.97. The molecule has 0 bridgehead atoms. The van der Waals surface area contributed by atoms with Crippen LogP contribution in [-0.2, 0) is 6.54 Å². The number of hydrogen-bond donors (Lipinski definition) is 2. The van der Waals surface area contributed by atoms with E-state index in [0.29, 0.717) is 36.3 Å². The summed E-state index contributed by atoms with van der Waals surface area (Å²) in [7, 11) is 0. The highest BCUT2D eigenvalue weighted by Gasteiger charge is 2.13. The molecule has 3 aromatic rings. The fourth-order valence-corrected chi connectivity index (χ4v) is 2.45. The zero-order valence-corrected chi connectivity index (χ0v) is 15.5. The van der Waals surface area contributed by atoms with Gasteiger partial charge >= 0.3 is 0 Å². The Morgan fingerprint density at radius 2 is 1.89 bits per heavy atom.